The maximum absolute atomic E-state index is 12.7. The number of hydrogen-bond donors (Lipinski definition) is 1. The molecule has 1 N–H and O–H groups in total. The Bertz CT molecular complexity index is 772. The van der Waals surface area contributed by atoms with Gasteiger partial charge in [0, 0.05) is 36.1 Å². The van der Waals surface area contributed by atoms with Crippen molar-refractivity contribution in [3.05, 3.63) is 46.7 Å². The van der Waals surface area contributed by atoms with E-state index in [0.717, 1.165) is 37.2 Å². The number of benzene rings is 1. The first-order chi connectivity index (χ1) is 12.4. The van der Waals surface area contributed by atoms with Crippen LogP contribution in [0, 0.1) is 6.92 Å². The molecule has 138 valence electrons. The lowest BCUT2D eigenvalue weighted by atomic mass is 10.0. The molecule has 1 aromatic carbocycles. The summed E-state index contributed by atoms with van der Waals surface area (Å²) in [7, 11) is 4.02. The molecule has 7 heteroatoms. The number of nitrogens with one attached hydrogen (secondary N) is 1. The average Bonchev–Trinajstić information content (AvgIpc) is 2.65. The van der Waals surface area contributed by atoms with Crippen molar-refractivity contribution in [1.82, 2.24) is 19.8 Å². The van der Waals surface area contributed by atoms with Crippen LogP contribution >= 0.6 is 11.6 Å². The van der Waals surface area contributed by atoms with E-state index >= 15 is 0 Å². The summed E-state index contributed by atoms with van der Waals surface area (Å²) in [5.41, 5.74) is 2.32. The molecular weight excluding hydrogens is 350 g/mol. The monoisotopic (exact) mass is 373 g/mol. The summed E-state index contributed by atoms with van der Waals surface area (Å²) in [5.74, 6) is 0.490. The van der Waals surface area contributed by atoms with Gasteiger partial charge in [-0.3, -0.25) is 4.79 Å². The molecule has 0 unspecified atom stereocenters. The van der Waals surface area contributed by atoms with Crippen LogP contribution in [0.3, 0.4) is 0 Å². The molecule has 2 aromatic rings. The molecule has 0 radical (unpaired) electrons. The standard InChI is InChI=1S/C19H24ClN5O/c1-13-12-21-19(23-17(13)20)22-15-6-4-14(5-7-15)18(26)25(3)16-8-10-24(2)11-9-16/h4-7,12,16H,8-11H2,1-3H3,(H,21,22,23). The molecule has 1 aliphatic heterocycles. The zero-order valence-corrected chi connectivity index (χ0v) is 16.1. The van der Waals surface area contributed by atoms with Gasteiger partial charge in [-0.1, -0.05) is 11.6 Å². The molecule has 0 atom stereocenters. The number of rotatable bonds is 4. The van der Waals surface area contributed by atoms with Crippen molar-refractivity contribution < 1.29 is 4.79 Å². The summed E-state index contributed by atoms with van der Waals surface area (Å²) in [6, 6.07) is 7.66. The first-order valence-corrected chi connectivity index (χ1v) is 9.14. The minimum Gasteiger partial charge on any atom is -0.339 e. The number of carbonyl (C=O) groups is 1. The third-order valence-corrected chi connectivity index (χ3v) is 5.24. The largest absolute Gasteiger partial charge is 0.339 e. The molecule has 1 aromatic heterocycles. The summed E-state index contributed by atoms with van der Waals surface area (Å²) in [4.78, 5) is 25.3. The van der Waals surface area contributed by atoms with Gasteiger partial charge in [-0.25, -0.2) is 9.97 Å². The van der Waals surface area contributed by atoms with E-state index in [1.165, 1.54) is 0 Å². The first-order valence-electron chi connectivity index (χ1n) is 8.76. The fourth-order valence-corrected chi connectivity index (χ4v) is 3.19. The third-order valence-electron chi connectivity index (χ3n) is 4.85. The van der Waals surface area contributed by atoms with Gasteiger partial charge >= 0.3 is 0 Å². The van der Waals surface area contributed by atoms with Crippen LogP contribution in [0.2, 0.25) is 5.15 Å². The smallest absolute Gasteiger partial charge is 0.253 e. The van der Waals surface area contributed by atoms with Crippen LogP contribution in [-0.4, -0.2) is 58.9 Å². The van der Waals surface area contributed by atoms with Crippen LogP contribution in [-0.2, 0) is 0 Å². The summed E-state index contributed by atoms with van der Waals surface area (Å²) in [6.07, 6.45) is 3.71. The topological polar surface area (TPSA) is 61.4 Å². The molecule has 6 nitrogen and oxygen atoms in total. The maximum atomic E-state index is 12.7. The Kier molecular flexibility index (Phi) is 5.74. The number of piperidine rings is 1. The second kappa shape index (κ2) is 8.01. The number of aromatic nitrogens is 2. The van der Waals surface area contributed by atoms with Crippen LogP contribution in [0.25, 0.3) is 0 Å². The molecule has 1 aliphatic rings. The van der Waals surface area contributed by atoms with Crippen LogP contribution in [0.1, 0.15) is 28.8 Å². The van der Waals surface area contributed by atoms with Gasteiger partial charge < -0.3 is 15.1 Å². The molecule has 0 bridgehead atoms. The quantitative estimate of drug-likeness (QED) is 0.833. The Labute approximate surface area is 159 Å². The number of hydrogen-bond acceptors (Lipinski definition) is 5. The maximum Gasteiger partial charge on any atom is 0.253 e. The highest BCUT2D eigenvalue weighted by Crippen LogP contribution is 2.20. The number of likely N-dealkylation sites (tertiary alicyclic amines) is 1. The Balaban J connectivity index is 1.64. The first kappa shape index (κ1) is 18.6. The number of aryl methyl sites for hydroxylation is 1. The van der Waals surface area contributed by atoms with Gasteiger partial charge in [0.05, 0.1) is 0 Å². The predicted octanol–water partition coefficient (Wildman–Crippen LogP) is 3.35. The fraction of sp³-hybridized carbons (Fsp3) is 0.421. The predicted molar refractivity (Wildman–Crippen MR) is 104 cm³/mol. The highest BCUT2D eigenvalue weighted by Gasteiger charge is 2.24. The lowest BCUT2D eigenvalue weighted by Gasteiger charge is -2.35. The Morgan fingerprint density at radius 1 is 1.27 bits per heavy atom. The van der Waals surface area contributed by atoms with E-state index in [9.17, 15) is 4.79 Å². The van der Waals surface area contributed by atoms with Crippen molar-refractivity contribution in [3.8, 4) is 0 Å². The molecule has 0 spiro atoms. The van der Waals surface area contributed by atoms with Crippen molar-refractivity contribution in [1.29, 1.82) is 0 Å². The Hall–Kier alpha value is -2.18. The number of nitrogens with zero attached hydrogens (tertiary/aromatic N) is 4. The second-order valence-corrected chi connectivity index (χ2v) is 7.18. The van der Waals surface area contributed by atoms with E-state index in [2.05, 4.69) is 27.2 Å². The van der Waals surface area contributed by atoms with Crippen molar-refractivity contribution in [3.63, 3.8) is 0 Å². The normalized spacial score (nSPS) is 15.7. The van der Waals surface area contributed by atoms with E-state index in [4.69, 9.17) is 11.6 Å². The molecule has 3 rings (SSSR count). The highest BCUT2D eigenvalue weighted by atomic mass is 35.5. The molecule has 2 heterocycles. The molecule has 0 saturated carbocycles. The Morgan fingerprint density at radius 2 is 1.92 bits per heavy atom. The van der Waals surface area contributed by atoms with Crippen LogP contribution in [0.15, 0.2) is 30.5 Å². The minimum absolute atomic E-state index is 0.0562. The van der Waals surface area contributed by atoms with Gasteiger partial charge in [0.25, 0.3) is 5.91 Å². The fourth-order valence-electron chi connectivity index (χ4n) is 3.06. The Morgan fingerprint density at radius 3 is 2.54 bits per heavy atom. The molecule has 1 amide bonds. The second-order valence-electron chi connectivity index (χ2n) is 6.82. The van der Waals surface area contributed by atoms with Gasteiger partial charge in [-0.05, 0) is 64.2 Å². The molecule has 0 aliphatic carbocycles. The van der Waals surface area contributed by atoms with E-state index in [0.29, 0.717) is 22.7 Å². The average molecular weight is 374 g/mol. The molecular formula is C19H24ClN5O. The molecule has 26 heavy (non-hydrogen) atoms. The van der Waals surface area contributed by atoms with Crippen molar-refractivity contribution in [2.75, 3.05) is 32.5 Å². The number of anilines is 2. The summed E-state index contributed by atoms with van der Waals surface area (Å²) >= 11 is 6.02. The van der Waals surface area contributed by atoms with Crippen molar-refractivity contribution in [2.24, 2.45) is 0 Å². The highest BCUT2D eigenvalue weighted by molar-refractivity contribution is 6.30. The zero-order chi connectivity index (χ0) is 18.7. The van der Waals surface area contributed by atoms with Crippen molar-refractivity contribution >= 4 is 29.1 Å². The van der Waals surface area contributed by atoms with Gasteiger partial charge in [0.15, 0.2) is 0 Å². The molecule has 1 saturated heterocycles. The number of amides is 1. The third kappa shape index (κ3) is 4.31. The number of carbonyl (C=O) groups excluding carboxylic acids is 1. The van der Waals surface area contributed by atoms with Gasteiger partial charge in [0.1, 0.15) is 5.15 Å². The van der Waals surface area contributed by atoms with Gasteiger partial charge in [0.2, 0.25) is 5.95 Å². The minimum atomic E-state index is 0.0562. The SMILES string of the molecule is Cc1cnc(Nc2ccc(C(=O)N(C)C3CCN(C)CC3)cc2)nc1Cl. The lowest BCUT2D eigenvalue weighted by molar-refractivity contribution is 0.0659. The van der Waals surface area contributed by atoms with Crippen LogP contribution in [0.5, 0.6) is 0 Å². The summed E-state index contributed by atoms with van der Waals surface area (Å²) in [5, 5.41) is 3.52. The molecule has 1 fully saturated rings. The summed E-state index contributed by atoms with van der Waals surface area (Å²) < 4.78 is 0. The van der Waals surface area contributed by atoms with E-state index in [1.54, 1.807) is 6.20 Å². The van der Waals surface area contributed by atoms with Crippen LogP contribution in [0.4, 0.5) is 11.6 Å². The van der Waals surface area contributed by atoms with Crippen molar-refractivity contribution in [2.45, 2.75) is 25.8 Å². The number of halogens is 1. The zero-order valence-electron chi connectivity index (χ0n) is 15.4. The van der Waals surface area contributed by atoms with Gasteiger partial charge in [-0.2, -0.15) is 0 Å². The van der Waals surface area contributed by atoms with Crippen LogP contribution < -0.4 is 5.32 Å². The van der Waals surface area contributed by atoms with Gasteiger partial charge in [-0.15, -0.1) is 0 Å². The summed E-state index contributed by atoms with van der Waals surface area (Å²) in [6.45, 7) is 3.92. The van der Waals surface area contributed by atoms with E-state index in [1.807, 2.05) is 43.1 Å². The lowest BCUT2D eigenvalue weighted by Crippen LogP contribution is -2.44. The van der Waals surface area contributed by atoms with E-state index < -0.39 is 0 Å². The van der Waals surface area contributed by atoms with E-state index in [-0.39, 0.29) is 5.91 Å².